The van der Waals surface area contributed by atoms with Crippen molar-refractivity contribution in [2.45, 2.75) is 38.5 Å². The van der Waals surface area contributed by atoms with E-state index in [-0.39, 0.29) is 12.4 Å². The number of nitrogens with one attached hydrogen (secondary N) is 1. The van der Waals surface area contributed by atoms with Crippen molar-refractivity contribution in [1.82, 2.24) is 15.1 Å². The van der Waals surface area contributed by atoms with Crippen LogP contribution in [0.25, 0.3) is 0 Å². The first-order chi connectivity index (χ1) is 8.86. The largest absolute Gasteiger partial charge is 0.340 e. The molecule has 0 aromatic heterocycles. The van der Waals surface area contributed by atoms with E-state index in [0.29, 0.717) is 12.3 Å². The van der Waals surface area contributed by atoms with E-state index in [2.05, 4.69) is 10.2 Å². The Morgan fingerprint density at radius 2 is 1.47 bits per heavy atom. The molecule has 1 amide bonds. The van der Waals surface area contributed by atoms with Crippen molar-refractivity contribution in [3.05, 3.63) is 0 Å². The Bertz CT molecular complexity index is 249. The summed E-state index contributed by atoms with van der Waals surface area (Å²) in [5.74, 6) is 0.346. The second-order valence-electron chi connectivity index (χ2n) is 5.49. The molecule has 0 aliphatic carbocycles. The third-order valence-electron chi connectivity index (χ3n) is 4.06. The molecule has 0 aromatic rings. The van der Waals surface area contributed by atoms with Crippen molar-refractivity contribution in [3.63, 3.8) is 0 Å². The number of carbonyl (C=O) groups is 1. The van der Waals surface area contributed by atoms with Crippen LogP contribution >= 0.6 is 12.4 Å². The lowest BCUT2D eigenvalue weighted by Crippen LogP contribution is -2.47. The van der Waals surface area contributed by atoms with E-state index in [1.807, 2.05) is 4.90 Å². The Hall–Kier alpha value is -0.320. The molecule has 2 heterocycles. The Morgan fingerprint density at radius 1 is 0.895 bits per heavy atom. The molecule has 2 fully saturated rings. The van der Waals surface area contributed by atoms with Gasteiger partial charge in [0.2, 0.25) is 5.91 Å². The molecule has 0 unspecified atom stereocenters. The lowest BCUT2D eigenvalue weighted by atomic mass is 10.1. The molecule has 0 atom stereocenters. The van der Waals surface area contributed by atoms with Crippen LogP contribution in [0.5, 0.6) is 0 Å². The molecule has 0 saturated carbocycles. The molecule has 2 rings (SSSR count). The summed E-state index contributed by atoms with van der Waals surface area (Å²) in [5, 5.41) is 3.29. The fourth-order valence-corrected chi connectivity index (χ4v) is 2.86. The molecule has 0 radical (unpaired) electrons. The molecular formula is C14H28ClN3O. The second kappa shape index (κ2) is 9.56. The third kappa shape index (κ3) is 6.11. The van der Waals surface area contributed by atoms with Gasteiger partial charge in [0.05, 0.1) is 0 Å². The average molecular weight is 290 g/mol. The van der Waals surface area contributed by atoms with E-state index >= 15 is 0 Å². The zero-order chi connectivity index (χ0) is 12.6. The van der Waals surface area contributed by atoms with Gasteiger partial charge < -0.3 is 15.1 Å². The van der Waals surface area contributed by atoms with E-state index in [4.69, 9.17) is 0 Å². The SMILES string of the molecule is Cl.O=C(CCN1CCCCCCC1)N1CCNCC1. The molecule has 0 aromatic carbocycles. The fraction of sp³-hybridized carbons (Fsp3) is 0.929. The smallest absolute Gasteiger partial charge is 0.223 e. The van der Waals surface area contributed by atoms with Crippen molar-refractivity contribution in [2.75, 3.05) is 45.8 Å². The Balaban J connectivity index is 0.00000180. The second-order valence-corrected chi connectivity index (χ2v) is 5.49. The molecule has 5 heteroatoms. The lowest BCUT2D eigenvalue weighted by Gasteiger charge is -2.29. The van der Waals surface area contributed by atoms with E-state index in [1.54, 1.807) is 0 Å². The quantitative estimate of drug-likeness (QED) is 0.855. The number of nitrogens with zero attached hydrogens (tertiary/aromatic N) is 2. The predicted molar refractivity (Wildman–Crippen MR) is 80.8 cm³/mol. The predicted octanol–water partition coefficient (Wildman–Crippen LogP) is 1.50. The van der Waals surface area contributed by atoms with Crippen LogP contribution in [0.3, 0.4) is 0 Å². The zero-order valence-electron chi connectivity index (χ0n) is 11.9. The van der Waals surface area contributed by atoms with Crippen molar-refractivity contribution >= 4 is 18.3 Å². The highest BCUT2D eigenvalue weighted by Gasteiger charge is 2.17. The van der Waals surface area contributed by atoms with Crippen molar-refractivity contribution in [3.8, 4) is 0 Å². The molecule has 2 aliphatic heterocycles. The summed E-state index contributed by atoms with van der Waals surface area (Å²) in [5.41, 5.74) is 0. The normalized spacial score (nSPS) is 22.2. The highest BCUT2D eigenvalue weighted by molar-refractivity contribution is 5.85. The molecule has 19 heavy (non-hydrogen) atoms. The van der Waals surface area contributed by atoms with Crippen molar-refractivity contribution < 1.29 is 4.79 Å². The maximum Gasteiger partial charge on any atom is 0.223 e. The van der Waals surface area contributed by atoms with Gasteiger partial charge in [-0.05, 0) is 25.9 Å². The van der Waals surface area contributed by atoms with Gasteiger partial charge in [-0.25, -0.2) is 0 Å². The Labute approximate surface area is 123 Å². The molecule has 1 N–H and O–H groups in total. The van der Waals surface area contributed by atoms with E-state index in [0.717, 1.165) is 32.7 Å². The van der Waals surface area contributed by atoms with Gasteiger partial charge in [-0.3, -0.25) is 4.79 Å². The number of carbonyl (C=O) groups excluding carboxylic acids is 1. The first kappa shape index (κ1) is 16.7. The maximum absolute atomic E-state index is 12.1. The fourth-order valence-electron chi connectivity index (χ4n) is 2.86. The van der Waals surface area contributed by atoms with Crippen molar-refractivity contribution in [2.24, 2.45) is 0 Å². The standard InChI is InChI=1S/C14H27N3O.ClH/c18-14(17-12-7-15-8-13-17)6-11-16-9-4-2-1-3-5-10-16;/h15H,1-13H2;1H. The summed E-state index contributed by atoms with van der Waals surface area (Å²) in [6.07, 6.45) is 7.45. The van der Waals surface area contributed by atoms with Crippen LogP contribution in [-0.2, 0) is 4.79 Å². The molecule has 4 nitrogen and oxygen atoms in total. The minimum atomic E-state index is 0. The van der Waals surface area contributed by atoms with Gasteiger partial charge >= 0.3 is 0 Å². The number of halogens is 1. The summed E-state index contributed by atoms with van der Waals surface area (Å²) in [4.78, 5) is 16.6. The van der Waals surface area contributed by atoms with Gasteiger partial charge in [0.15, 0.2) is 0 Å². The lowest BCUT2D eigenvalue weighted by molar-refractivity contribution is -0.132. The van der Waals surface area contributed by atoms with Gasteiger partial charge in [-0.15, -0.1) is 12.4 Å². The molecule has 0 spiro atoms. The highest BCUT2D eigenvalue weighted by atomic mass is 35.5. The summed E-state index contributed by atoms with van der Waals surface area (Å²) >= 11 is 0. The number of likely N-dealkylation sites (tertiary alicyclic amines) is 1. The van der Waals surface area contributed by atoms with Crippen LogP contribution < -0.4 is 5.32 Å². The summed E-state index contributed by atoms with van der Waals surface area (Å²) in [6.45, 7) is 7.02. The van der Waals surface area contributed by atoms with Crippen LogP contribution in [0.4, 0.5) is 0 Å². The zero-order valence-corrected chi connectivity index (χ0v) is 12.7. The van der Waals surface area contributed by atoms with E-state index < -0.39 is 0 Å². The monoisotopic (exact) mass is 289 g/mol. The number of rotatable bonds is 3. The van der Waals surface area contributed by atoms with Gasteiger partial charge in [-0.1, -0.05) is 19.3 Å². The molecular weight excluding hydrogens is 262 g/mol. The topological polar surface area (TPSA) is 35.6 Å². The van der Waals surface area contributed by atoms with Crippen LogP contribution in [0.2, 0.25) is 0 Å². The van der Waals surface area contributed by atoms with Crippen LogP contribution in [0, 0.1) is 0 Å². The average Bonchev–Trinajstić information content (AvgIpc) is 2.38. The summed E-state index contributed by atoms with van der Waals surface area (Å²) in [7, 11) is 0. The summed E-state index contributed by atoms with van der Waals surface area (Å²) < 4.78 is 0. The van der Waals surface area contributed by atoms with E-state index in [9.17, 15) is 4.79 Å². The number of hydrogen-bond donors (Lipinski definition) is 1. The number of amides is 1. The molecule has 2 aliphatic rings. The van der Waals surface area contributed by atoms with E-state index in [1.165, 1.54) is 45.2 Å². The maximum atomic E-state index is 12.1. The molecule has 2 saturated heterocycles. The minimum absolute atomic E-state index is 0. The van der Waals surface area contributed by atoms with Gasteiger partial charge in [0.25, 0.3) is 0 Å². The van der Waals surface area contributed by atoms with Gasteiger partial charge in [0.1, 0.15) is 0 Å². The Kier molecular flexibility index (Phi) is 8.42. The number of hydrogen-bond acceptors (Lipinski definition) is 3. The van der Waals surface area contributed by atoms with Crippen LogP contribution in [0.15, 0.2) is 0 Å². The van der Waals surface area contributed by atoms with Crippen LogP contribution in [0.1, 0.15) is 38.5 Å². The molecule has 0 bridgehead atoms. The third-order valence-corrected chi connectivity index (χ3v) is 4.06. The van der Waals surface area contributed by atoms with Gasteiger partial charge in [0, 0.05) is 39.1 Å². The highest BCUT2D eigenvalue weighted by Crippen LogP contribution is 2.11. The first-order valence-electron chi connectivity index (χ1n) is 7.57. The Morgan fingerprint density at radius 3 is 2.11 bits per heavy atom. The molecule has 112 valence electrons. The van der Waals surface area contributed by atoms with Crippen LogP contribution in [-0.4, -0.2) is 61.5 Å². The number of piperazine rings is 1. The minimum Gasteiger partial charge on any atom is -0.340 e. The summed E-state index contributed by atoms with van der Waals surface area (Å²) in [6, 6.07) is 0. The first-order valence-corrected chi connectivity index (χ1v) is 7.57. The van der Waals surface area contributed by atoms with Gasteiger partial charge in [-0.2, -0.15) is 0 Å². The van der Waals surface area contributed by atoms with Crippen molar-refractivity contribution in [1.29, 1.82) is 0 Å².